The molecule has 0 amide bonds. The summed E-state index contributed by atoms with van der Waals surface area (Å²) in [6, 6.07) is 13.7. The molecule has 0 fully saturated rings. The number of aryl methyl sites for hydroxylation is 1. The van der Waals surface area contributed by atoms with E-state index in [9.17, 15) is 0 Å². The first-order valence-electron chi connectivity index (χ1n) is 6.52. The minimum atomic E-state index is 0.315. The van der Waals surface area contributed by atoms with Crippen LogP contribution in [0.4, 0.5) is 0 Å². The molecule has 20 heavy (non-hydrogen) atoms. The number of aromatic nitrogens is 1. The highest BCUT2D eigenvalue weighted by Crippen LogP contribution is 2.19. The van der Waals surface area contributed by atoms with Crippen LogP contribution in [0.1, 0.15) is 17.0 Å². The number of hydrogen-bond acceptors (Lipinski definition) is 4. The van der Waals surface area contributed by atoms with E-state index in [1.165, 1.54) is 5.56 Å². The van der Waals surface area contributed by atoms with Crippen LogP contribution in [0, 0.1) is 6.92 Å². The second-order valence-electron chi connectivity index (χ2n) is 4.72. The standard InChI is InChI=1S/C16H16N2O2/c1-11-2-5-13(6-3-11)19-10-16-18-14-8-12(9-17)4-7-15(14)20-16/h2-8H,9-10,17H2,1H3. The van der Waals surface area contributed by atoms with Crippen LogP contribution in [0.25, 0.3) is 11.1 Å². The van der Waals surface area contributed by atoms with Crippen molar-refractivity contribution in [2.45, 2.75) is 20.1 Å². The quantitative estimate of drug-likeness (QED) is 0.789. The minimum Gasteiger partial charge on any atom is -0.484 e. The molecule has 0 radical (unpaired) electrons. The van der Waals surface area contributed by atoms with E-state index in [0.29, 0.717) is 19.0 Å². The molecule has 1 heterocycles. The number of rotatable bonds is 4. The Morgan fingerprint density at radius 2 is 1.95 bits per heavy atom. The Morgan fingerprint density at radius 1 is 1.15 bits per heavy atom. The van der Waals surface area contributed by atoms with Crippen LogP contribution in [-0.2, 0) is 13.2 Å². The van der Waals surface area contributed by atoms with Gasteiger partial charge in [-0.05, 0) is 36.8 Å². The predicted molar refractivity (Wildman–Crippen MR) is 77.4 cm³/mol. The fraction of sp³-hybridized carbons (Fsp3) is 0.188. The van der Waals surface area contributed by atoms with E-state index in [1.54, 1.807) is 0 Å². The first-order valence-corrected chi connectivity index (χ1v) is 6.52. The average Bonchev–Trinajstić information content (AvgIpc) is 2.88. The normalized spacial score (nSPS) is 10.9. The lowest BCUT2D eigenvalue weighted by Gasteiger charge is -2.03. The molecule has 2 N–H and O–H groups in total. The molecule has 4 nitrogen and oxygen atoms in total. The number of oxazole rings is 1. The van der Waals surface area contributed by atoms with Crippen LogP contribution in [0.3, 0.4) is 0 Å². The number of benzene rings is 2. The number of fused-ring (bicyclic) bond motifs is 1. The number of nitrogens with two attached hydrogens (primary N) is 1. The van der Waals surface area contributed by atoms with Gasteiger partial charge in [0.15, 0.2) is 12.2 Å². The zero-order valence-corrected chi connectivity index (χ0v) is 11.3. The Morgan fingerprint density at radius 3 is 2.70 bits per heavy atom. The van der Waals surface area contributed by atoms with Crippen molar-refractivity contribution in [3.05, 3.63) is 59.5 Å². The Bertz CT molecular complexity index is 717. The third-order valence-corrected chi connectivity index (χ3v) is 3.12. The summed E-state index contributed by atoms with van der Waals surface area (Å²) in [6.07, 6.45) is 0. The lowest BCUT2D eigenvalue weighted by Crippen LogP contribution is -1.96. The maximum absolute atomic E-state index is 5.65. The molecule has 0 aliphatic heterocycles. The van der Waals surface area contributed by atoms with Gasteiger partial charge >= 0.3 is 0 Å². The summed E-state index contributed by atoms with van der Waals surface area (Å²) in [4.78, 5) is 4.41. The molecule has 2 aromatic carbocycles. The van der Waals surface area contributed by atoms with Crippen molar-refractivity contribution in [2.24, 2.45) is 5.73 Å². The van der Waals surface area contributed by atoms with Gasteiger partial charge in [-0.25, -0.2) is 4.98 Å². The molecule has 0 spiro atoms. The van der Waals surface area contributed by atoms with E-state index in [2.05, 4.69) is 4.98 Å². The van der Waals surface area contributed by atoms with Crippen LogP contribution in [0.2, 0.25) is 0 Å². The van der Waals surface area contributed by atoms with Gasteiger partial charge < -0.3 is 14.9 Å². The van der Waals surface area contributed by atoms with Crippen molar-refractivity contribution in [3.63, 3.8) is 0 Å². The average molecular weight is 268 g/mol. The van der Waals surface area contributed by atoms with Crippen molar-refractivity contribution < 1.29 is 9.15 Å². The molecular weight excluding hydrogens is 252 g/mol. The van der Waals surface area contributed by atoms with E-state index >= 15 is 0 Å². The van der Waals surface area contributed by atoms with Crippen LogP contribution >= 0.6 is 0 Å². The summed E-state index contributed by atoms with van der Waals surface area (Å²) in [5.41, 5.74) is 9.42. The largest absolute Gasteiger partial charge is 0.484 e. The van der Waals surface area contributed by atoms with Crippen molar-refractivity contribution in [3.8, 4) is 5.75 Å². The van der Waals surface area contributed by atoms with Crippen LogP contribution in [0.5, 0.6) is 5.75 Å². The molecule has 0 aliphatic rings. The van der Waals surface area contributed by atoms with Crippen molar-refractivity contribution in [1.29, 1.82) is 0 Å². The highest BCUT2D eigenvalue weighted by atomic mass is 16.5. The molecule has 1 aromatic heterocycles. The molecule has 0 atom stereocenters. The van der Waals surface area contributed by atoms with Crippen LogP contribution < -0.4 is 10.5 Å². The van der Waals surface area contributed by atoms with Crippen molar-refractivity contribution in [1.82, 2.24) is 4.98 Å². The summed E-state index contributed by atoms with van der Waals surface area (Å²) in [7, 11) is 0. The van der Waals surface area contributed by atoms with Gasteiger partial charge in [-0.15, -0.1) is 0 Å². The fourth-order valence-electron chi connectivity index (χ4n) is 1.99. The minimum absolute atomic E-state index is 0.315. The Balaban J connectivity index is 1.75. The van der Waals surface area contributed by atoms with Gasteiger partial charge in [-0.2, -0.15) is 0 Å². The second-order valence-corrected chi connectivity index (χ2v) is 4.72. The highest BCUT2D eigenvalue weighted by molar-refractivity contribution is 5.73. The molecule has 0 saturated carbocycles. The molecule has 3 rings (SSSR count). The maximum Gasteiger partial charge on any atom is 0.233 e. The van der Waals surface area contributed by atoms with E-state index in [-0.39, 0.29) is 0 Å². The summed E-state index contributed by atoms with van der Waals surface area (Å²) >= 11 is 0. The first-order chi connectivity index (χ1) is 9.74. The number of hydrogen-bond donors (Lipinski definition) is 1. The summed E-state index contributed by atoms with van der Waals surface area (Å²) in [5, 5.41) is 0. The van der Waals surface area contributed by atoms with Gasteiger partial charge in [0.2, 0.25) is 5.89 Å². The van der Waals surface area contributed by atoms with Crippen molar-refractivity contribution in [2.75, 3.05) is 0 Å². The Kier molecular flexibility index (Phi) is 3.39. The zero-order chi connectivity index (χ0) is 13.9. The van der Waals surface area contributed by atoms with E-state index in [4.69, 9.17) is 14.9 Å². The molecule has 102 valence electrons. The van der Waals surface area contributed by atoms with Gasteiger partial charge in [0, 0.05) is 6.54 Å². The monoisotopic (exact) mass is 268 g/mol. The van der Waals surface area contributed by atoms with E-state index in [1.807, 2.05) is 49.4 Å². The van der Waals surface area contributed by atoms with Gasteiger partial charge in [-0.1, -0.05) is 23.8 Å². The maximum atomic E-state index is 5.65. The summed E-state index contributed by atoms with van der Waals surface area (Å²) in [5.74, 6) is 1.37. The molecule has 4 heteroatoms. The smallest absolute Gasteiger partial charge is 0.233 e. The second kappa shape index (κ2) is 5.35. The van der Waals surface area contributed by atoms with Gasteiger partial charge in [0.05, 0.1) is 0 Å². The fourth-order valence-corrected chi connectivity index (χ4v) is 1.99. The first kappa shape index (κ1) is 12.7. The number of ether oxygens (including phenoxy) is 1. The molecular formula is C16H16N2O2. The molecule has 3 aromatic rings. The third-order valence-electron chi connectivity index (χ3n) is 3.12. The SMILES string of the molecule is Cc1ccc(OCc2nc3cc(CN)ccc3o2)cc1. The molecule has 0 aliphatic carbocycles. The summed E-state index contributed by atoms with van der Waals surface area (Å²) < 4.78 is 11.3. The van der Waals surface area contributed by atoms with Crippen LogP contribution in [0.15, 0.2) is 46.9 Å². The molecule has 0 bridgehead atoms. The lowest BCUT2D eigenvalue weighted by atomic mass is 10.2. The zero-order valence-electron chi connectivity index (χ0n) is 11.3. The molecule has 0 saturated heterocycles. The van der Waals surface area contributed by atoms with E-state index < -0.39 is 0 Å². The van der Waals surface area contributed by atoms with E-state index in [0.717, 1.165) is 22.4 Å². The Hall–Kier alpha value is -2.33. The predicted octanol–water partition coefficient (Wildman–Crippen LogP) is 3.17. The van der Waals surface area contributed by atoms with Gasteiger partial charge in [0.1, 0.15) is 11.3 Å². The summed E-state index contributed by atoms with van der Waals surface area (Å²) in [6.45, 7) is 2.85. The lowest BCUT2D eigenvalue weighted by molar-refractivity contribution is 0.267. The highest BCUT2D eigenvalue weighted by Gasteiger charge is 2.07. The molecule has 0 unspecified atom stereocenters. The number of nitrogens with zero attached hydrogens (tertiary/aromatic N) is 1. The van der Waals surface area contributed by atoms with Gasteiger partial charge in [-0.3, -0.25) is 0 Å². The van der Waals surface area contributed by atoms with Crippen LogP contribution in [-0.4, -0.2) is 4.98 Å². The van der Waals surface area contributed by atoms with Gasteiger partial charge in [0.25, 0.3) is 0 Å². The third kappa shape index (κ3) is 2.65. The Labute approximate surface area is 117 Å². The topological polar surface area (TPSA) is 61.3 Å². The van der Waals surface area contributed by atoms with Crippen molar-refractivity contribution >= 4 is 11.1 Å².